The minimum Gasteiger partial charge on any atom is -0.381 e. The Labute approximate surface area is 72.9 Å². The topological polar surface area (TPSA) is 57.0 Å². The van der Waals surface area contributed by atoms with Gasteiger partial charge in [0.25, 0.3) is 0 Å². The van der Waals surface area contributed by atoms with E-state index in [0.29, 0.717) is 12.7 Å². The summed E-state index contributed by atoms with van der Waals surface area (Å²) in [5.74, 6) is 4.97. The molecule has 0 amide bonds. The van der Waals surface area contributed by atoms with Crippen LogP contribution in [0.25, 0.3) is 0 Å². The van der Waals surface area contributed by atoms with Gasteiger partial charge in [-0.25, -0.2) is 5.90 Å². The van der Waals surface area contributed by atoms with Gasteiger partial charge >= 0.3 is 0 Å². The smallest absolute Gasteiger partial charge is 0.0831 e. The van der Waals surface area contributed by atoms with Crippen LogP contribution in [-0.2, 0) is 14.3 Å². The molecule has 4 nitrogen and oxygen atoms in total. The summed E-state index contributed by atoms with van der Waals surface area (Å²) >= 11 is 0. The third-order valence-corrected chi connectivity index (χ3v) is 1.89. The van der Waals surface area contributed by atoms with E-state index in [0.717, 1.165) is 26.1 Å². The number of rotatable bonds is 7. The maximum atomic E-state index is 5.34. The molecule has 1 heterocycles. The van der Waals surface area contributed by atoms with Crippen molar-refractivity contribution < 1.29 is 14.3 Å². The molecule has 1 rings (SSSR count). The zero-order chi connectivity index (χ0) is 8.81. The van der Waals surface area contributed by atoms with E-state index in [1.54, 1.807) is 0 Å². The Kier molecular flexibility index (Phi) is 4.53. The van der Waals surface area contributed by atoms with Crippen LogP contribution in [0.4, 0.5) is 0 Å². The second kappa shape index (κ2) is 5.48. The summed E-state index contributed by atoms with van der Waals surface area (Å²) in [6.07, 6.45) is 2.41. The molecule has 0 aromatic rings. The fraction of sp³-hybridized carbons (Fsp3) is 1.00. The van der Waals surface area contributed by atoms with Crippen molar-refractivity contribution in [3.05, 3.63) is 0 Å². The van der Waals surface area contributed by atoms with Gasteiger partial charge in [-0.05, 0) is 19.8 Å². The van der Waals surface area contributed by atoms with E-state index < -0.39 is 0 Å². The molecule has 2 N–H and O–H groups in total. The second-order valence-corrected chi connectivity index (χ2v) is 3.09. The zero-order valence-electron chi connectivity index (χ0n) is 7.49. The first-order valence-corrected chi connectivity index (χ1v) is 4.38. The first kappa shape index (κ1) is 9.92. The highest BCUT2D eigenvalue weighted by Gasteiger charge is 2.21. The van der Waals surface area contributed by atoms with Crippen molar-refractivity contribution in [3.63, 3.8) is 0 Å². The van der Waals surface area contributed by atoms with Gasteiger partial charge in [-0.1, -0.05) is 0 Å². The molecule has 0 spiro atoms. The number of hydrogen-bond acceptors (Lipinski definition) is 4. The van der Waals surface area contributed by atoms with E-state index in [-0.39, 0.29) is 6.10 Å². The third kappa shape index (κ3) is 4.66. The molecule has 0 saturated carbocycles. The highest BCUT2D eigenvalue weighted by Crippen LogP contribution is 2.12. The number of nitrogens with two attached hydrogens (primary N) is 1. The second-order valence-electron chi connectivity index (χ2n) is 3.09. The van der Waals surface area contributed by atoms with Crippen LogP contribution < -0.4 is 5.90 Å². The summed E-state index contributed by atoms with van der Waals surface area (Å²) in [5.41, 5.74) is 0. The highest BCUT2D eigenvalue weighted by molar-refractivity contribution is 4.67. The van der Waals surface area contributed by atoms with E-state index in [2.05, 4.69) is 4.84 Å². The minimum atomic E-state index is 0.0853. The van der Waals surface area contributed by atoms with Crippen molar-refractivity contribution in [1.82, 2.24) is 0 Å². The van der Waals surface area contributed by atoms with Gasteiger partial charge in [0.1, 0.15) is 0 Å². The Balaban J connectivity index is 1.75. The molecule has 4 heteroatoms. The Morgan fingerprint density at radius 1 is 1.58 bits per heavy atom. The lowest BCUT2D eigenvalue weighted by molar-refractivity contribution is 0.0300. The Morgan fingerprint density at radius 3 is 2.92 bits per heavy atom. The normalized spacial score (nSPS) is 24.0. The van der Waals surface area contributed by atoms with Crippen LogP contribution >= 0.6 is 0 Å². The first-order chi connectivity index (χ1) is 5.83. The maximum absolute atomic E-state index is 5.34. The first-order valence-electron chi connectivity index (χ1n) is 4.38. The van der Waals surface area contributed by atoms with Crippen LogP contribution in [0.3, 0.4) is 0 Å². The summed E-state index contributed by atoms with van der Waals surface area (Å²) in [6.45, 7) is 4.33. The zero-order valence-corrected chi connectivity index (χ0v) is 7.49. The van der Waals surface area contributed by atoms with Crippen molar-refractivity contribution in [1.29, 1.82) is 0 Å². The van der Waals surface area contributed by atoms with Gasteiger partial charge in [0.05, 0.1) is 18.8 Å². The molecule has 0 aromatic heterocycles. The number of hydrogen-bond donors (Lipinski definition) is 1. The van der Waals surface area contributed by atoms with Gasteiger partial charge < -0.3 is 14.3 Å². The van der Waals surface area contributed by atoms with E-state index in [9.17, 15) is 0 Å². The van der Waals surface area contributed by atoms with Crippen molar-refractivity contribution >= 4 is 0 Å². The minimum absolute atomic E-state index is 0.0853. The fourth-order valence-electron chi connectivity index (χ4n) is 0.869. The van der Waals surface area contributed by atoms with Gasteiger partial charge in [-0.3, -0.25) is 0 Å². The molecule has 1 fully saturated rings. The third-order valence-electron chi connectivity index (χ3n) is 1.89. The molecule has 1 aliphatic rings. The van der Waals surface area contributed by atoms with Crippen molar-refractivity contribution in [2.75, 3.05) is 19.8 Å². The van der Waals surface area contributed by atoms with Crippen LogP contribution in [0.15, 0.2) is 0 Å². The molecule has 0 radical (unpaired) electrons. The SMILES string of the molecule is C[C@H](CCOCCC1CO1)ON. The van der Waals surface area contributed by atoms with Crippen LogP contribution in [-0.4, -0.2) is 32.0 Å². The van der Waals surface area contributed by atoms with Gasteiger partial charge in [0, 0.05) is 13.2 Å². The lowest BCUT2D eigenvalue weighted by atomic mass is 10.3. The average molecular weight is 175 g/mol. The Bertz CT molecular complexity index is 117. The van der Waals surface area contributed by atoms with Crippen LogP contribution in [0, 0.1) is 0 Å². The lowest BCUT2D eigenvalue weighted by Crippen LogP contribution is -2.15. The molecule has 1 saturated heterocycles. The standard InChI is InChI=1S/C8H17NO3/c1-7(12-9)2-4-10-5-3-8-6-11-8/h7-8H,2-6,9H2,1H3/t7-,8?/m1/s1. The largest absolute Gasteiger partial charge is 0.381 e. The number of epoxide rings is 1. The lowest BCUT2D eigenvalue weighted by Gasteiger charge is -2.07. The monoisotopic (exact) mass is 175 g/mol. The molecule has 1 aliphatic heterocycles. The van der Waals surface area contributed by atoms with E-state index in [1.807, 2.05) is 6.92 Å². The Morgan fingerprint density at radius 2 is 2.33 bits per heavy atom. The van der Waals surface area contributed by atoms with Crippen LogP contribution in [0.5, 0.6) is 0 Å². The molecule has 1 unspecified atom stereocenters. The van der Waals surface area contributed by atoms with E-state index in [4.69, 9.17) is 15.4 Å². The summed E-state index contributed by atoms with van der Waals surface area (Å²) in [7, 11) is 0. The van der Waals surface area contributed by atoms with Crippen molar-refractivity contribution in [2.24, 2.45) is 5.90 Å². The van der Waals surface area contributed by atoms with Gasteiger partial charge in [0.2, 0.25) is 0 Å². The highest BCUT2D eigenvalue weighted by atomic mass is 16.6. The number of ether oxygens (including phenoxy) is 2. The summed E-state index contributed by atoms with van der Waals surface area (Å²) < 4.78 is 10.4. The maximum Gasteiger partial charge on any atom is 0.0831 e. The summed E-state index contributed by atoms with van der Waals surface area (Å²) in [5, 5.41) is 0. The average Bonchev–Trinajstić information content (AvgIpc) is 2.87. The molecule has 0 aromatic carbocycles. The van der Waals surface area contributed by atoms with E-state index >= 15 is 0 Å². The van der Waals surface area contributed by atoms with Crippen LogP contribution in [0.1, 0.15) is 19.8 Å². The van der Waals surface area contributed by atoms with Gasteiger partial charge in [-0.15, -0.1) is 0 Å². The molecule has 2 atom stereocenters. The van der Waals surface area contributed by atoms with Gasteiger partial charge in [-0.2, -0.15) is 0 Å². The predicted molar refractivity (Wildman–Crippen MR) is 44.5 cm³/mol. The molecule has 0 bridgehead atoms. The van der Waals surface area contributed by atoms with Crippen molar-refractivity contribution in [3.8, 4) is 0 Å². The summed E-state index contributed by atoms with van der Waals surface area (Å²) in [4.78, 5) is 4.59. The molecule has 0 aliphatic carbocycles. The summed E-state index contributed by atoms with van der Waals surface area (Å²) in [6, 6.07) is 0. The Hall–Kier alpha value is -0.160. The molecular weight excluding hydrogens is 158 g/mol. The molecule has 72 valence electrons. The van der Waals surface area contributed by atoms with Crippen molar-refractivity contribution in [2.45, 2.75) is 32.0 Å². The van der Waals surface area contributed by atoms with Gasteiger partial charge in [0.15, 0.2) is 0 Å². The van der Waals surface area contributed by atoms with Crippen LogP contribution in [0.2, 0.25) is 0 Å². The van der Waals surface area contributed by atoms with E-state index in [1.165, 1.54) is 0 Å². The molecule has 12 heavy (non-hydrogen) atoms. The quantitative estimate of drug-likeness (QED) is 0.347. The predicted octanol–water partition coefficient (Wildman–Crippen LogP) is 0.461. The molecular formula is C8H17NO3. The fourth-order valence-corrected chi connectivity index (χ4v) is 0.869.